The summed E-state index contributed by atoms with van der Waals surface area (Å²) in [5.41, 5.74) is 0.881. The van der Waals surface area contributed by atoms with Crippen molar-refractivity contribution in [1.29, 1.82) is 0 Å². The van der Waals surface area contributed by atoms with Crippen LogP contribution in [0.3, 0.4) is 0 Å². The van der Waals surface area contributed by atoms with E-state index in [2.05, 4.69) is 13.5 Å². The minimum absolute atomic E-state index is 0.0461. The van der Waals surface area contributed by atoms with Crippen LogP contribution in [-0.2, 0) is 19.1 Å². The third-order valence-corrected chi connectivity index (χ3v) is 7.52. The van der Waals surface area contributed by atoms with E-state index in [1.807, 2.05) is 13.0 Å². The minimum atomic E-state index is -0.652. The van der Waals surface area contributed by atoms with Gasteiger partial charge < -0.3 is 19.7 Å². The van der Waals surface area contributed by atoms with E-state index in [0.29, 0.717) is 18.4 Å². The fraction of sp³-hybridized carbons (Fsp3) is 0.727. The number of carbonyl (C=O) groups is 2. The molecule has 6 heteroatoms. The molecule has 6 atom stereocenters. The second-order valence-electron chi connectivity index (χ2n) is 9.12. The molecule has 6 nitrogen and oxygen atoms in total. The summed E-state index contributed by atoms with van der Waals surface area (Å²) in [6, 6.07) is 0. The average molecular weight is 392 g/mol. The molecule has 0 bridgehead atoms. The summed E-state index contributed by atoms with van der Waals surface area (Å²) < 4.78 is 10.3. The van der Waals surface area contributed by atoms with E-state index in [-0.39, 0.29) is 30.5 Å². The molecule has 1 saturated heterocycles. The Hall–Kier alpha value is -1.66. The van der Waals surface area contributed by atoms with Gasteiger partial charge in [0.1, 0.15) is 6.61 Å². The van der Waals surface area contributed by atoms with E-state index in [1.54, 1.807) is 0 Å². The Morgan fingerprint density at radius 2 is 2.11 bits per heavy atom. The van der Waals surface area contributed by atoms with Crippen LogP contribution in [0.5, 0.6) is 0 Å². The summed E-state index contributed by atoms with van der Waals surface area (Å²) in [5.74, 6) is -0.581. The maximum absolute atomic E-state index is 12.1. The maximum Gasteiger partial charge on any atom is 0.337 e. The van der Waals surface area contributed by atoms with Crippen LogP contribution in [-0.4, -0.2) is 47.6 Å². The Labute approximate surface area is 166 Å². The molecule has 0 radical (unpaired) electrons. The van der Waals surface area contributed by atoms with Gasteiger partial charge in [0.25, 0.3) is 0 Å². The molecular weight excluding hydrogens is 360 g/mol. The Morgan fingerprint density at radius 1 is 1.39 bits per heavy atom. The van der Waals surface area contributed by atoms with Gasteiger partial charge in [-0.05, 0) is 49.4 Å². The van der Waals surface area contributed by atoms with E-state index in [4.69, 9.17) is 9.47 Å². The Kier molecular flexibility index (Phi) is 5.74. The molecule has 3 rings (SSSR count). The van der Waals surface area contributed by atoms with Gasteiger partial charge in [0.2, 0.25) is 0 Å². The van der Waals surface area contributed by atoms with Crippen molar-refractivity contribution in [2.24, 2.45) is 22.7 Å². The van der Waals surface area contributed by atoms with Gasteiger partial charge in [-0.15, -0.1) is 0 Å². The maximum atomic E-state index is 12.1. The molecule has 0 aromatic carbocycles. The van der Waals surface area contributed by atoms with Gasteiger partial charge in [0.15, 0.2) is 6.10 Å². The molecule has 2 saturated carbocycles. The first-order chi connectivity index (χ1) is 13.1. The lowest BCUT2D eigenvalue weighted by Crippen LogP contribution is -2.57. The van der Waals surface area contributed by atoms with Crippen molar-refractivity contribution in [3.05, 3.63) is 23.8 Å². The molecule has 0 aromatic rings. The third-order valence-electron chi connectivity index (χ3n) is 7.52. The fourth-order valence-electron chi connectivity index (χ4n) is 5.85. The van der Waals surface area contributed by atoms with Crippen molar-refractivity contribution in [2.75, 3.05) is 13.2 Å². The predicted octanol–water partition coefficient (Wildman–Crippen LogP) is 2.53. The first-order valence-electron chi connectivity index (χ1n) is 10.1. The first-order valence-corrected chi connectivity index (χ1v) is 10.1. The number of aliphatic hydroxyl groups excluding tert-OH is 2. The van der Waals surface area contributed by atoms with E-state index in [1.165, 1.54) is 6.92 Å². The van der Waals surface area contributed by atoms with Gasteiger partial charge in [0.05, 0.1) is 18.3 Å². The summed E-state index contributed by atoms with van der Waals surface area (Å²) >= 11 is 0. The van der Waals surface area contributed by atoms with Gasteiger partial charge in [-0.25, -0.2) is 4.79 Å². The van der Waals surface area contributed by atoms with Gasteiger partial charge in [-0.3, -0.25) is 4.79 Å². The minimum Gasteiger partial charge on any atom is -0.458 e. The second-order valence-corrected chi connectivity index (χ2v) is 9.12. The molecule has 2 aliphatic carbocycles. The molecule has 1 heterocycles. The number of ether oxygens (including phenoxy) is 2. The molecule has 3 aliphatic rings. The van der Waals surface area contributed by atoms with Crippen molar-refractivity contribution in [1.82, 2.24) is 0 Å². The molecule has 2 unspecified atom stereocenters. The number of rotatable bonds is 4. The van der Waals surface area contributed by atoms with E-state index < -0.39 is 29.6 Å². The van der Waals surface area contributed by atoms with E-state index in [9.17, 15) is 19.8 Å². The quantitative estimate of drug-likeness (QED) is 0.434. The van der Waals surface area contributed by atoms with Gasteiger partial charge in [0, 0.05) is 12.3 Å². The zero-order valence-corrected chi connectivity index (χ0v) is 17.1. The van der Waals surface area contributed by atoms with Gasteiger partial charge >= 0.3 is 11.9 Å². The third kappa shape index (κ3) is 3.41. The van der Waals surface area contributed by atoms with Crippen LogP contribution in [0.2, 0.25) is 0 Å². The standard InChI is InChI=1S/C22H32O6/c1-13-5-8-18-21(3,10-9-19(25)22(18,4)12-23)16(13)7-6-15-17(28-14(2)24)11-27-20(15)26/h6,16-19,23,25H,1,5,7-12H2,2-4H3/b15-6-/t16-,17?,18?,19-,21+,22+/m1/s1. The number of aliphatic hydroxyl groups is 2. The van der Waals surface area contributed by atoms with Crippen molar-refractivity contribution in [3.8, 4) is 0 Å². The Balaban J connectivity index is 1.87. The second kappa shape index (κ2) is 7.64. The highest BCUT2D eigenvalue weighted by Gasteiger charge is 2.57. The summed E-state index contributed by atoms with van der Waals surface area (Å²) in [6.07, 6.45) is 4.50. The predicted molar refractivity (Wildman–Crippen MR) is 103 cm³/mol. The van der Waals surface area contributed by atoms with Crippen LogP contribution in [0, 0.1) is 22.7 Å². The summed E-state index contributed by atoms with van der Waals surface area (Å²) in [5, 5.41) is 20.7. The highest BCUT2D eigenvalue weighted by atomic mass is 16.6. The molecule has 1 aliphatic heterocycles. The highest BCUT2D eigenvalue weighted by molar-refractivity contribution is 5.92. The smallest absolute Gasteiger partial charge is 0.337 e. The fourth-order valence-corrected chi connectivity index (χ4v) is 5.85. The average Bonchev–Trinajstić information content (AvgIpc) is 2.97. The zero-order valence-electron chi connectivity index (χ0n) is 17.1. The van der Waals surface area contributed by atoms with E-state index >= 15 is 0 Å². The number of allylic oxidation sites excluding steroid dienone is 2. The SMILES string of the molecule is C=C1CCC2[C@](C)(CO)[C@H](O)CC[C@@]2(C)[C@@H]1C/C=C1\C(=O)OCC1OC(C)=O. The van der Waals surface area contributed by atoms with Crippen LogP contribution in [0.1, 0.15) is 52.9 Å². The topological polar surface area (TPSA) is 93.1 Å². The van der Waals surface area contributed by atoms with Gasteiger partial charge in [-0.1, -0.05) is 32.1 Å². The number of hydrogen-bond donors (Lipinski definition) is 2. The molecule has 3 fully saturated rings. The summed E-state index contributed by atoms with van der Waals surface area (Å²) in [6.45, 7) is 9.84. The zero-order chi connectivity index (χ0) is 20.7. The number of hydrogen-bond acceptors (Lipinski definition) is 6. The normalized spacial score (nSPS) is 42.2. The Morgan fingerprint density at radius 3 is 2.75 bits per heavy atom. The highest BCUT2D eigenvalue weighted by Crippen LogP contribution is 2.61. The van der Waals surface area contributed by atoms with Crippen LogP contribution < -0.4 is 0 Å². The van der Waals surface area contributed by atoms with Crippen LogP contribution in [0.25, 0.3) is 0 Å². The molecule has 0 aromatic heterocycles. The molecule has 0 amide bonds. The molecule has 2 N–H and O–H groups in total. The Bertz CT molecular complexity index is 697. The van der Waals surface area contributed by atoms with Crippen molar-refractivity contribution < 1.29 is 29.3 Å². The summed E-state index contributed by atoms with van der Waals surface area (Å²) in [4.78, 5) is 23.4. The van der Waals surface area contributed by atoms with Crippen molar-refractivity contribution in [2.45, 2.75) is 65.1 Å². The number of cyclic esters (lactones) is 1. The molecular formula is C22H32O6. The number of carbonyl (C=O) groups excluding carboxylic acids is 2. The summed E-state index contributed by atoms with van der Waals surface area (Å²) in [7, 11) is 0. The molecule has 28 heavy (non-hydrogen) atoms. The van der Waals surface area contributed by atoms with E-state index in [0.717, 1.165) is 24.8 Å². The van der Waals surface area contributed by atoms with Gasteiger partial charge in [-0.2, -0.15) is 0 Å². The van der Waals surface area contributed by atoms with Crippen LogP contribution in [0.4, 0.5) is 0 Å². The van der Waals surface area contributed by atoms with Crippen molar-refractivity contribution in [3.63, 3.8) is 0 Å². The lowest BCUT2D eigenvalue weighted by atomic mass is 9.46. The monoisotopic (exact) mass is 392 g/mol. The molecule has 0 spiro atoms. The number of esters is 2. The lowest BCUT2D eigenvalue weighted by Gasteiger charge is -2.59. The van der Waals surface area contributed by atoms with Crippen LogP contribution in [0.15, 0.2) is 23.8 Å². The van der Waals surface area contributed by atoms with Crippen LogP contribution >= 0.6 is 0 Å². The van der Waals surface area contributed by atoms with Crippen molar-refractivity contribution >= 4 is 11.9 Å². The molecule has 156 valence electrons. The lowest BCUT2D eigenvalue weighted by molar-refractivity contribution is -0.151. The largest absolute Gasteiger partial charge is 0.458 e. The number of fused-ring (bicyclic) bond motifs is 1. The first kappa shape index (κ1) is 21.1.